The van der Waals surface area contributed by atoms with E-state index in [0.717, 1.165) is 49.6 Å². The van der Waals surface area contributed by atoms with Gasteiger partial charge in [-0.15, -0.1) is 9.81 Å². The maximum atomic E-state index is 12.2. The van der Waals surface area contributed by atoms with E-state index >= 15 is 0 Å². The Bertz CT molecular complexity index is 439. The second-order valence-electron chi connectivity index (χ2n) is 5.68. The van der Waals surface area contributed by atoms with Gasteiger partial charge in [0.15, 0.2) is 0 Å². The summed E-state index contributed by atoms with van der Waals surface area (Å²) in [4.78, 5) is 45.4. The predicted octanol–water partition coefficient (Wildman–Crippen LogP) is 3.60. The van der Waals surface area contributed by atoms with Crippen molar-refractivity contribution in [2.24, 2.45) is 9.16 Å². The molecule has 1 N–H and O–H groups in total. The molecule has 8 nitrogen and oxygen atoms in total. The number of carbonyl (C=O) groups excluding carboxylic acids is 1. The molecule has 0 aromatic carbocycles. The topological polar surface area (TPSA) is 116 Å². The van der Waals surface area contributed by atoms with Crippen molar-refractivity contribution in [3.05, 3.63) is 9.81 Å². The Morgan fingerprint density at radius 3 is 2.62 bits per heavy atom. The zero-order valence-corrected chi connectivity index (χ0v) is 15.1. The van der Waals surface area contributed by atoms with Gasteiger partial charge in [-0.05, 0) is 38.5 Å². The van der Waals surface area contributed by atoms with E-state index in [0.29, 0.717) is 38.0 Å². The summed E-state index contributed by atoms with van der Waals surface area (Å²) in [5.74, 6) is -0.498. The van der Waals surface area contributed by atoms with Crippen LogP contribution in [-0.2, 0) is 9.59 Å². The highest BCUT2D eigenvalue weighted by atomic mass is 32.2. The van der Waals surface area contributed by atoms with E-state index in [2.05, 4.69) is 9.16 Å². The standard InChI is InChI=1S/C14H23N3O5S2/c18-13(17-9-4-3-6-12(17)14(19)20)7-2-1-5-11(24-16-22)8-10-23-15-21/h11-12H,1-10H2,(H,19,20). The van der Waals surface area contributed by atoms with E-state index < -0.39 is 12.0 Å². The Kier molecular flexibility index (Phi) is 10.6. The van der Waals surface area contributed by atoms with Gasteiger partial charge in [-0.1, -0.05) is 6.42 Å². The minimum absolute atomic E-state index is 0.0219. The van der Waals surface area contributed by atoms with E-state index in [1.54, 1.807) is 0 Å². The van der Waals surface area contributed by atoms with Gasteiger partial charge < -0.3 is 10.0 Å². The fourth-order valence-corrected chi connectivity index (χ4v) is 4.04. The van der Waals surface area contributed by atoms with Gasteiger partial charge >= 0.3 is 5.97 Å². The van der Waals surface area contributed by atoms with Crippen molar-refractivity contribution in [3.8, 4) is 0 Å². The molecule has 1 amide bonds. The van der Waals surface area contributed by atoms with Crippen molar-refractivity contribution >= 4 is 35.8 Å². The van der Waals surface area contributed by atoms with Crippen LogP contribution in [0.2, 0.25) is 0 Å². The minimum Gasteiger partial charge on any atom is -0.480 e. The lowest BCUT2D eigenvalue weighted by Gasteiger charge is -2.33. The van der Waals surface area contributed by atoms with Gasteiger partial charge in [0.2, 0.25) is 5.91 Å². The first kappa shape index (κ1) is 20.9. The van der Waals surface area contributed by atoms with E-state index in [1.807, 2.05) is 0 Å². The van der Waals surface area contributed by atoms with Crippen molar-refractivity contribution in [2.45, 2.75) is 62.7 Å². The number of piperidine rings is 1. The highest BCUT2D eigenvalue weighted by Crippen LogP contribution is 2.24. The molecule has 24 heavy (non-hydrogen) atoms. The number of carboxylic acid groups (broad SMARTS) is 1. The van der Waals surface area contributed by atoms with Crippen LogP contribution in [0.15, 0.2) is 9.16 Å². The molecule has 2 unspecified atom stereocenters. The lowest BCUT2D eigenvalue weighted by Crippen LogP contribution is -2.47. The first-order valence-electron chi connectivity index (χ1n) is 8.05. The van der Waals surface area contributed by atoms with Crippen LogP contribution in [0.4, 0.5) is 0 Å². The van der Waals surface area contributed by atoms with Crippen molar-refractivity contribution < 1.29 is 14.7 Å². The highest BCUT2D eigenvalue weighted by molar-refractivity contribution is 7.99. The summed E-state index contributed by atoms with van der Waals surface area (Å²) in [6, 6.07) is -0.693. The second kappa shape index (κ2) is 12.2. The number of unbranched alkanes of at least 4 members (excludes halogenated alkanes) is 1. The van der Waals surface area contributed by atoms with Crippen LogP contribution in [-0.4, -0.2) is 45.5 Å². The number of hydrogen-bond acceptors (Lipinski definition) is 8. The van der Waals surface area contributed by atoms with Crippen LogP contribution in [0.3, 0.4) is 0 Å². The Balaban J connectivity index is 2.31. The van der Waals surface area contributed by atoms with Gasteiger partial charge in [-0.3, -0.25) is 4.79 Å². The van der Waals surface area contributed by atoms with Gasteiger partial charge in [0.25, 0.3) is 0 Å². The first-order valence-corrected chi connectivity index (χ1v) is 9.83. The molecule has 0 bridgehead atoms. The molecule has 0 aliphatic carbocycles. The van der Waals surface area contributed by atoms with Crippen molar-refractivity contribution in [2.75, 3.05) is 12.3 Å². The highest BCUT2D eigenvalue weighted by Gasteiger charge is 2.31. The van der Waals surface area contributed by atoms with Crippen molar-refractivity contribution in [3.63, 3.8) is 0 Å². The largest absolute Gasteiger partial charge is 0.480 e. The smallest absolute Gasteiger partial charge is 0.326 e. The molecule has 2 atom stereocenters. The maximum absolute atomic E-state index is 12.2. The van der Waals surface area contributed by atoms with Gasteiger partial charge in [0.05, 0.1) is 0 Å². The van der Waals surface area contributed by atoms with Gasteiger partial charge in [-0.2, -0.15) is 0 Å². The Morgan fingerprint density at radius 1 is 1.17 bits per heavy atom. The summed E-state index contributed by atoms with van der Waals surface area (Å²) in [5.41, 5.74) is 0. The predicted molar refractivity (Wildman–Crippen MR) is 95.5 cm³/mol. The van der Waals surface area contributed by atoms with Crippen LogP contribution in [0.1, 0.15) is 51.4 Å². The second-order valence-corrected chi connectivity index (χ2v) is 7.52. The summed E-state index contributed by atoms with van der Waals surface area (Å²) >= 11 is 1.88. The number of likely N-dealkylation sites (tertiary alicyclic amines) is 1. The van der Waals surface area contributed by atoms with E-state index in [9.17, 15) is 24.5 Å². The average molecular weight is 377 g/mol. The third kappa shape index (κ3) is 7.61. The number of carbonyl (C=O) groups is 2. The maximum Gasteiger partial charge on any atom is 0.326 e. The molecule has 0 aromatic heterocycles. The van der Waals surface area contributed by atoms with Crippen LogP contribution >= 0.6 is 23.9 Å². The summed E-state index contributed by atoms with van der Waals surface area (Å²) < 4.78 is 5.55. The van der Waals surface area contributed by atoms with Crippen LogP contribution in [0, 0.1) is 9.81 Å². The molecule has 136 valence electrons. The number of nitroso groups, excluding NO2 is 2. The number of rotatable bonds is 12. The molecule has 1 heterocycles. The van der Waals surface area contributed by atoms with E-state index in [1.165, 1.54) is 4.90 Å². The number of amides is 1. The summed E-state index contributed by atoms with van der Waals surface area (Å²) in [6.07, 6.45) is 5.32. The average Bonchev–Trinajstić information content (AvgIpc) is 2.58. The summed E-state index contributed by atoms with van der Waals surface area (Å²) in [5, 5.41) is 9.22. The monoisotopic (exact) mass is 377 g/mol. The zero-order chi connectivity index (χ0) is 17.8. The van der Waals surface area contributed by atoms with Gasteiger partial charge in [0, 0.05) is 57.0 Å². The summed E-state index contributed by atoms with van der Waals surface area (Å²) in [6.45, 7) is 0.513. The van der Waals surface area contributed by atoms with Crippen LogP contribution < -0.4 is 0 Å². The molecular formula is C14H23N3O5S2. The van der Waals surface area contributed by atoms with E-state index in [4.69, 9.17) is 0 Å². The molecule has 0 radical (unpaired) electrons. The SMILES string of the molecule is O=NSCCC(CCCCC(=O)N1CCCCC1C(=O)O)SN=O. The Morgan fingerprint density at radius 2 is 1.96 bits per heavy atom. The third-order valence-electron chi connectivity index (χ3n) is 4.05. The summed E-state index contributed by atoms with van der Waals surface area (Å²) in [7, 11) is 0. The molecule has 1 aliphatic rings. The third-order valence-corrected chi connectivity index (χ3v) is 5.43. The molecule has 1 fully saturated rings. The van der Waals surface area contributed by atoms with Crippen molar-refractivity contribution in [1.29, 1.82) is 0 Å². The molecule has 0 saturated carbocycles. The molecule has 1 aliphatic heterocycles. The Labute approximate surface area is 149 Å². The fraction of sp³-hybridized carbons (Fsp3) is 0.857. The molecular weight excluding hydrogens is 354 g/mol. The number of hydrogen-bond donors (Lipinski definition) is 1. The van der Waals surface area contributed by atoms with Crippen LogP contribution in [0.25, 0.3) is 0 Å². The quantitative estimate of drug-likeness (QED) is 0.314. The number of nitrogens with zero attached hydrogens (tertiary/aromatic N) is 3. The van der Waals surface area contributed by atoms with Gasteiger partial charge in [-0.25, -0.2) is 4.79 Å². The molecule has 10 heteroatoms. The normalized spacial score (nSPS) is 18.8. The zero-order valence-electron chi connectivity index (χ0n) is 13.5. The number of aliphatic carboxylic acids is 1. The Hall–Kier alpha value is -1.16. The van der Waals surface area contributed by atoms with Gasteiger partial charge in [0.1, 0.15) is 6.04 Å². The minimum atomic E-state index is -0.933. The van der Waals surface area contributed by atoms with Crippen molar-refractivity contribution in [1.82, 2.24) is 4.90 Å². The molecule has 1 saturated heterocycles. The molecule has 1 rings (SSSR count). The fourth-order valence-electron chi connectivity index (χ4n) is 2.81. The van der Waals surface area contributed by atoms with E-state index in [-0.39, 0.29) is 11.2 Å². The molecule has 0 spiro atoms. The lowest BCUT2D eigenvalue weighted by molar-refractivity contribution is -0.152. The number of carboxylic acids is 1. The van der Waals surface area contributed by atoms with Crippen LogP contribution in [0.5, 0.6) is 0 Å². The molecule has 0 aromatic rings. The lowest BCUT2D eigenvalue weighted by atomic mass is 10.0. The first-order chi connectivity index (χ1) is 11.6.